The van der Waals surface area contributed by atoms with Gasteiger partial charge in [-0.15, -0.1) is 0 Å². The number of sulfone groups is 1. The molecule has 34 heavy (non-hydrogen) atoms. The smallest absolute Gasteiger partial charge is 0.325 e. The van der Waals surface area contributed by atoms with E-state index >= 15 is 0 Å². The Hall–Kier alpha value is -3.39. The molecule has 0 saturated heterocycles. The van der Waals surface area contributed by atoms with E-state index in [-0.39, 0.29) is 41.2 Å². The van der Waals surface area contributed by atoms with Crippen LogP contribution in [0.2, 0.25) is 0 Å². The van der Waals surface area contributed by atoms with E-state index in [0.717, 1.165) is 17.0 Å². The summed E-state index contributed by atoms with van der Waals surface area (Å²) in [5.74, 6) is -0.487. The third-order valence-corrected chi connectivity index (χ3v) is 8.15. The van der Waals surface area contributed by atoms with Gasteiger partial charge in [0.1, 0.15) is 6.54 Å². The molecule has 0 N–H and O–H groups in total. The summed E-state index contributed by atoms with van der Waals surface area (Å²) in [5, 5.41) is 0. The van der Waals surface area contributed by atoms with E-state index in [9.17, 15) is 18.0 Å². The van der Waals surface area contributed by atoms with Crippen LogP contribution in [0.1, 0.15) is 39.8 Å². The lowest BCUT2D eigenvalue weighted by Crippen LogP contribution is -2.35. The van der Waals surface area contributed by atoms with Crippen LogP contribution in [0.5, 0.6) is 0 Å². The molecule has 1 amide bonds. The molecule has 2 heterocycles. The highest BCUT2D eigenvalue weighted by molar-refractivity contribution is 7.91. The van der Waals surface area contributed by atoms with E-state index in [4.69, 9.17) is 4.74 Å². The normalized spacial score (nSPS) is 13.6. The highest BCUT2D eigenvalue weighted by Crippen LogP contribution is 2.32. The molecule has 178 valence electrons. The van der Waals surface area contributed by atoms with Crippen LogP contribution in [0.3, 0.4) is 0 Å². The molecule has 2 aromatic carbocycles. The van der Waals surface area contributed by atoms with Crippen LogP contribution in [0.4, 0.5) is 0 Å². The number of benzene rings is 2. The monoisotopic (exact) mass is 480 g/mol. The third kappa shape index (κ3) is 4.25. The second-order valence-electron chi connectivity index (χ2n) is 8.35. The Labute approximate surface area is 199 Å². The minimum Gasteiger partial charge on any atom is -0.465 e. The van der Waals surface area contributed by atoms with Crippen molar-refractivity contribution >= 4 is 21.7 Å². The molecule has 0 fully saturated rings. The predicted octanol–water partition coefficient (Wildman–Crippen LogP) is 3.41. The van der Waals surface area contributed by atoms with Crippen molar-refractivity contribution in [1.29, 1.82) is 0 Å². The Bertz CT molecular complexity index is 1340. The van der Waals surface area contributed by atoms with Gasteiger partial charge < -0.3 is 14.2 Å². The van der Waals surface area contributed by atoms with Gasteiger partial charge in [-0.2, -0.15) is 0 Å². The van der Waals surface area contributed by atoms with Crippen molar-refractivity contribution in [3.05, 3.63) is 82.7 Å². The summed E-state index contributed by atoms with van der Waals surface area (Å²) in [4.78, 5) is 27.6. The van der Waals surface area contributed by atoms with Gasteiger partial charge in [0.2, 0.25) is 9.84 Å². The Morgan fingerprint density at radius 1 is 1.06 bits per heavy atom. The molecule has 1 aromatic heterocycles. The zero-order valence-electron chi connectivity index (χ0n) is 19.6. The molecule has 0 atom stereocenters. The van der Waals surface area contributed by atoms with Crippen LogP contribution in [0.25, 0.3) is 0 Å². The van der Waals surface area contributed by atoms with E-state index in [2.05, 4.69) is 0 Å². The van der Waals surface area contributed by atoms with Crippen molar-refractivity contribution in [3.8, 4) is 0 Å². The number of likely N-dealkylation sites (N-methyl/N-ethyl adjacent to an activating group) is 1. The minimum absolute atomic E-state index is 0.0168. The summed E-state index contributed by atoms with van der Waals surface area (Å²) >= 11 is 0. The molecule has 0 spiro atoms. The fourth-order valence-corrected chi connectivity index (χ4v) is 6.04. The SMILES string of the molecule is CCOC(=O)Cn1c(C)c(Cc2ccccc2S(=O)(=O)c2ccccc2)c2c1CCN(C)C2=O. The quantitative estimate of drug-likeness (QED) is 0.484. The number of amides is 1. The van der Waals surface area contributed by atoms with Crippen LogP contribution in [0.15, 0.2) is 64.4 Å². The molecular weight excluding hydrogens is 452 g/mol. The van der Waals surface area contributed by atoms with Gasteiger partial charge in [-0.1, -0.05) is 36.4 Å². The first-order valence-electron chi connectivity index (χ1n) is 11.3. The number of aromatic nitrogens is 1. The van der Waals surface area contributed by atoms with Gasteiger partial charge in [-0.3, -0.25) is 9.59 Å². The average Bonchev–Trinajstić information content (AvgIpc) is 3.08. The molecule has 1 aliphatic heterocycles. The Balaban J connectivity index is 1.83. The second kappa shape index (κ2) is 9.46. The molecule has 0 bridgehead atoms. The summed E-state index contributed by atoms with van der Waals surface area (Å²) in [7, 11) is -1.99. The zero-order chi connectivity index (χ0) is 24.5. The van der Waals surface area contributed by atoms with Crippen molar-refractivity contribution < 1.29 is 22.7 Å². The molecule has 0 aliphatic carbocycles. The fraction of sp³-hybridized carbons (Fsp3) is 0.308. The maximum atomic E-state index is 13.4. The maximum Gasteiger partial charge on any atom is 0.325 e. The number of nitrogens with zero attached hydrogens (tertiary/aromatic N) is 2. The maximum absolute atomic E-state index is 13.4. The minimum atomic E-state index is -3.74. The lowest BCUT2D eigenvalue weighted by atomic mass is 9.97. The van der Waals surface area contributed by atoms with Crippen LogP contribution >= 0.6 is 0 Å². The van der Waals surface area contributed by atoms with Crippen molar-refractivity contribution in [2.75, 3.05) is 20.2 Å². The molecule has 0 saturated carbocycles. The fourth-order valence-electron chi connectivity index (χ4n) is 4.53. The average molecular weight is 481 g/mol. The van der Waals surface area contributed by atoms with Gasteiger partial charge in [0.25, 0.3) is 5.91 Å². The van der Waals surface area contributed by atoms with E-state index in [1.165, 1.54) is 0 Å². The van der Waals surface area contributed by atoms with Crippen molar-refractivity contribution in [2.45, 2.75) is 43.0 Å². The summed E-state index contributed by atoms with van der Waals surface area (Å²) in [6.45, 7) is 4.47. The molecule has 3 aromatic rings. The molecule has 0 unspecified atom stereocenters. The lowest BCUT2D eigenvalue weighted by Gasteiger charge is -2.24. The Kier molecular flexibility index (Phi) is 6.61. The molecule has 4 rings (SSSR count). The Morgan fingerprint density at radius 2 is 1.74 bits per heavy atom. The molecule has 1 aliphatic rings. The number of hydrogen-bond acceptors (Lipinski definition) is 5. The molecular formula is C26H28N2O5S. The van der Waals surface area contributed by atoms with Crippen molar-refractivity contribution in [1.82, 2.24) is 9.47 Å². The van der Waals surface area contributed by atoms with E-state index < -0.39 is 9.84 Å². The number of carbonyl (C=O) groups excluding carboxylic acids is 2. The van der Waals surface area contributed by atoms with E-state index in [1.54, 1.807) is 73.5 Å². The van der Waals surface area contributed by atoms with Crippen LogP contribution < -0.4 is 0 Å². The van der Waals surface area contributed by atoms with Gasteiger partial charge in [0.05, 0.1) is 22.0 Å². The number of ether oxygens (including phenoxy) is 1. The van der Waals surface area contributed by atoms with Gasteiger partial charge in [0, 0.05) is 37.8 Å². The number of carbonyl (C=O) groups is 2. The number of esters is 1. The van der Waals surface area contributed by atoms with E-state index in [0.29, 0.717) is 24.1 Å². The number of fused-ring (bicyclic) bond motifs is 1. The molecule has 8 heteroatoms. The van der Waals surface area contributed by atoms with Gasteiger partial charge in [0.15, 0.2) is 0 Å². The summed E-state index contributed by atoms with van der Waals surface area (Å²) in [5.41, 5.74) is 3.47. The second-order valence-corrected chi connectivity index (χ2v) is 10.3. The van der Waals surface area contributed by atoms with Gasteiger partial charge in [-0.05, 0) is 43.2 Å². The van der Waals surface area contributed by atoms with Crippen LogP contribution in [-0.4, -0.2) is 50.0 Å². The third-order valence-electron chi connectivity index (χ3n) is 6.28. The topological polar surface area (TPSA) is 85.7 Å². The van der Waals surface area contributed by atoms with Crippen molar-refractivity contribution in [2.24, 2.45) is 0 Å². The zero-order valence-corrected chi connectivity index (χ0v) is 20.4. The molecule has 0 radical (unpaired) electrons. The van der Waals surface area contributed by atoms with Crippen molar-refractivity contribution in [3.63, 3.8) is 0 Å². The van der Waals surface area contributed by atoms with Gasteiger partial charge in [-0.25, -0.2) is 8.42 Å². The van der Waals surface area contributed by atoms with Crippen LogP contribution in [0, 0.1) is 6.92 Å². The van der Waals surface area contributed by atoms with Crippen LogP contribution in [-0.2, 0) is 38.8 Å². The largest absolute Gasteiger partial charge is 0.465 e. The first kappa shape index (κ1) is 23.8. The first-order valence-corrected chi connectivity index (χ1v) is 12.7. The number of rotatable bonds is 7. The highest BCUT2D eigenvalue weighted by Gasteiger charge is 2.32. The standard InChI is InChI=1S/C26H28N2O5S/c1-4-33-24(29)17-28-18(2)21(25-22(28)14-15-27(3)26(25)30)16-19-10-8-9-13-23(19)34(31,32)20-11-6-5-7-12-20/h5-13H,4,14-17H2,1-3H3. The predicted molar refractivity (Wildman–Crippen MR) is 128 cm³/mol. The summed E-state index contributed by atoms with van der Waals surface area (Å²) < 4.78 is 33.8. The van der Waals surface area contributed by atoms with Gasteiger partial charge >= 0.3 is 5.97 Å². The Morgan fingerprint density at radius 3 is 2.44 bits per heavy atom. The lowest BCUT2D eigenvalue weighted by molar-refractivity contribution is -0.143. The highest BCUT2D eigenvalue weighted by atomic mass is 32.2. The first-order chi connectivity index (χ1) is 16.3. The summed E-state index contributed by atoms with van der Waals surface area (Å²) in [6, 6.07) is 15.2. The number of hydrogen-bond donors (Lipinski definition) is 0. The van der Waals surface area contributed by atoms with E-state index in [1.807, 2.05) is 11.5 Å². The molecule has 7 nitrogen and oxygen atoms in total. The summed E-state index contributed by atoms with van der Waals surface area (Å²) in [6.07, 6.45) is 0.869.